The molecule has 4 nitrogen and oxygen atoms in total. The third-order valence-corrected chi connectivity index (χ3v) is 4.29. The van der Waals surface area contributed by atoms with Crippen LogP contribution in [0.3, 0.4) is 0 Å². The molecule has 5 heteroatoms. The minimum Gasteiger partial charge on any atom is -0.402 e. The number of hydrogen-bond acceptors (Lipinski definition) is 5. The highest BCUT2D eigenvalue weighted by Crippen LogP contribution is 2.22. The third-order valence-electron chi connectivity index (χ3n) is 3.41. The van der Waals surface area contributed by atoms with Crippen molar-refractivity contribution in [3.05, 3.63) is 57.2 Å². The van der Waals surface area contributed by atoms with Crippen molar-refractivity contribution in [3.63, 3.8) is 0 Å². The lowest BCUT2D eigenvalue weighted by Crippen LogP contribution is -2.05. The van der Waals surface area contributed by atoms with Gasteiger partial charge in [-0.15, -0.1) is 11.3 Å². The topological polar surface area (TPSA) is 51.5 Å². The highest BCUT2D eigenvalue weighted by Gasteiger charge is 2.24. The number of aliphatic imine (C=N–C) groups is 1. The summed E-state index contributed by atoms with van der Waals surface area (Å²) in [4.78, 5) is 21.3. The van der Waals surface area contributed by atoms with Gasteiger partial charge in [0.15, 0.2) is 5.70 Å². The lowest BCUT2D eigenvalue weighted by atomic mass is 10.1. The molecule has 0 amide bonds. The number of hydrogen-bond donors (Lipinski definition) is 0. The van der Waals surface area contributed by atoms with E-state index in [1.807, 2.05) is 31.2 Å². The normalized spacial score (nSPS) is 16.0. The first-order valence-electron chi connectivity index (χ1n) is 7.19. The number of carbonyl (C=O) groups is 1. The molecule has 0 spiro atoms. The Morgan fingerprint density at radius 1 is 1.27 bits per heavy atom. The molecule has 0 fully saturated rings. The van der Waals surface area contributed by atoms with Crippen LogP contribution in [0.1, 0.15) is 35.0 Å². The Morgan fingerprint density at radius 3 is 2.68 bits per heavy atom. The van der Waals surface area contributed by atoms with Crippen molar-refractivity contribution in [1.82, 2.24) is 4.98 Å². The van der Waals surface area contributed by atoms with Crippen LogP contribution in [0.25, 0.3) is 6.08 Å². The summed E-state index contributed by atoms with van der Waals surface area (Å²) in [6.45, 7) is 4.05. The zero-order chi connectivity index (χ0) is 15.5. The van der Waals surface area contributed by atoms with Gasteiger partial charge >= 0.3 is 5.97 Å². The maximum atomic E-state index is 11.9. The molecule has 1 aliphatic heterocycles. The largest absolute Gasteiger partial charge is 0.402 e. The summed E-state index contributed by atoms with van der Waals surface area (Å²) in [7, 11) is 0. The lowest BCUT2D eigenvalue weighted by Gasteiger charge is -2.01. The summed E-state index contributed by atoms with van der Waals surface area (Å²) >= 11 is 1.48. The number of aryl methyl sites for hydroxylation is 2. The minimum atomic E-state index is -0.416. The van der Waals surface area contributed by atoms with E-state index in [0.29, 0.717) is 11.6 Å². The smallest absolute Gasteiger partial charge is 0.363 e. The molecular weight excluding hydrogens is 296 g/mol. The van der Waals surface area contributed by atoms with E-state index in [1.165, 1.54) is 16.9 Å². The summed E-state index contributed by atoms with van der Waals surface area (Å²) in [5, 5.41) is 0. The molecule has 0 saturated carbocycles. The van der Waals surface area contributed by atoms with Crippen molar-refractivity contribution in [3.8, 4) is 0 Å². The second-order valence-corrected chi connectivity index (χ2v) is 5.97. The van der Waals surface area contributed by atoms with E-state index in [0.717, 1.165) is 29.0 Å². The summed E-state index contributed by atoms with van der Waals surface area (Å²) < 4.78 is 5.28. The van der Waals surface area contributed by atoms with Crippen molar-refractivity contribution >= 4 is 29.3 Å². The van der Waals surface area contributed by atoms with E-state index in [9.17, 15) is 4.79 Å². The molecule has 1 aromatic carbocycles. The van der Waals surface area contributed by atoms with E-state index in [4.69, 9.17) is 4.74 Å². The Bertz CT molecular complexity index is 757. The molecule has 0 atom stereocenters. The molecule has 112 valence electrons. The first kappa shape index (κ1) is 14.7. The van der Waals surface area contributed by atoms with Crippen LogP contribution < -0.4 is 0 Å². The molecule has 0 aliphatic carbocycles. The van der Waals surface area contributed by atoms with Crippen LogP contribution >= 0.6 is 11.3 Å². The highest BCUT2D eigenvalue weighted by atomic mass is 32.1. The molecule has 3 rings (SSSR count). The van der Waals surface area contributed by atoms with E-state index < -0.39 is 5.97 Å². The Hall–Kier alpha value is -2.27. The predicted molar refractivity (Wildman–Crippen MR) is 87.9 cm³/mol. The number of benzene rings is 1. The number of carbonyl (C=O) groups excluding carboxylic acids is 1. The average molecular weight is 312 g/mol. The van der Waals surface area contributed by atoms with Crippen LogP contribution in [0.5, 0.6) is 0 Å². The fourth-order valence-corrected chi connectivity index (χ4v) is 2.94. The summed E-state index contributed by atoms with van der Waals surface area (Å²) in [5.74, 6) is -0.0538. The molecule has 2 aromatic rings. The quantitative estimate of drug-likeness (QED) is 0.638. The van der Waals surface area contributed by atoms with Gasteiger partial charge in [-0.3, -0.25) is 0 Å². The SMILES string of the molecule is CCCc1ccc(C2=NC(=Cc3scnc3C)C(=O)O2)cc1. The maximum Gasteiger partial charge on any atom is 0.363 e. The molecular formula is C17H16N2O2S. The Labute approximate surface area is 133 Å². The molecule has 0 saturated heterocycles. The van der Waals surface area contributed by atoms with Crippen LogP contribution in [0, 0.1) is 6.92 Å². The van der Waals surface area contributed by atoms with Gasteiger partial charge < -0.3 is 4.74 Å². The van der Waals surface area contributed by atoms with E-state index >= 15 is 0 Å². The van der Waals surface area contributed by atoms with Crippen LogP contribution in [0.4, 0.5) is 0 Å². The van der Waals surface area contributed by atoms with Crippen molar-refractivity contribution in [2.24, 2.45) is 4.99 Å². The molecule has 2 heterocycles. The molecule has 1 aliphatic rings. The second-order valence-electron chi connectivity index (χ2n) is 5.08. The molecule has 0 N–H and O–H groups in total. The summed E-state index contributed by atoms with van der Waals surface area (Å²) in [5.41, 5.74) is 5.04. The number of esters is 1. The fraction of sp³-hybridized carbons (Fsp3) is 0.235. The Kier molecular flexibility index (Phi) is 4.15. The van der Waals surface area contributed by atoms with Crippen LogP contribution in [0.15, 0.2) is 40.5 Å². The molecule has 0 radical (unpaired) electrons. The Balaban J connectivity index is 1.86. The first-order valence-corrected chi connectivity index (χ1v) is 8.07. The molecule has 0 unspecified atom stereocenters. The number of ether oxygens (including phenoxy) is 1. The molecule has 22 heavy (non-hydrogen) atoms. The first-order chi connectivity index (χ1) is 10.7. The summed E-state index contributed by atoms with van der Waals surface area (Å²) in [6, 6.07) is 7.98. The molecule has 0 bridgehead atoms. The van der Waals surface area contributed by atoms with Gasteiger partial charge in [-0.2, -0.15) is 0 Å². The zero-order valence-corrected chi connectivity index (χ0v) is 13.3. The van der Waals surface area contributed by atoms with Crippen LogP contribution in [-0.2, 0) is 16.0 Å². The number of nitrogens with zero attached hydrogens (tertiary/aromatic N) is 2. The number of rotatable bonds is 4. The fourth-order valence-electron chi connectivity index (χ4n) is 2.21. The van der Waals surface area contributed by atoms with E-state index in [1.54, 1.807) is 11.6 Å². The van der Waals surface area contributed by atoms with Gasteiger partial charge in [0.2, 0.25) is 5.90 Å². The van der Waals surface area contributed by atoms with Gasteiger partial charge in [0.25, 0.3) is 0 Å². The minimum absolute atomic E-state index is 0.319. The summed E-state index contributed by atoms with van der Waals surface area (Å²) in [6.07, 6.45) is 3.88. The van der Waals surface area contributed by atoms with Crippen molar-refractivity contribution in [2.75, 3.05) is 0 Å². The maximum absolute atomic E-state index is 11.9. The van der Waals surface area contributed by atoms with Gasteiger partial charge in [-0.1, -0.05) is 25.5 Å². The average Bonchev–Trinajstić information content (AvgIpc) is 3.08. The lowest BCUT2D eigenvalue weighted by molar-refractivity contribution is -0.129. The van der Waals surface area contributed by atoms with Crippen molar-refractivity contribution in [1.29, 1.82) is 0 Å². The van der Waals surface area contributed by atoms with Crippen LogP contribution in [0.2, 0.25) is 0 Å². The Morgan fingerprint density at radius 2 is 2.05 bits per heavy atom. The standard InChI is InChI=1S/C17H16N2O2S/c1-3-4-12-5-7-13(8-6-12)16-19-14(17(20)21-16)9-15-11(2)18-10-22-15/h5-10H,3-4H2,1-2H3. The van der Waals surface area contributed by atoms with Gasteiger partial charge in [0.05, 0.1) is 16.1 Å². The predicted octanol–water partition coefficient (Wildman–Crippen LogP) is 3.75. The van der Waals surface area contributed by atoms with Gasteiger partial charge in [0.1, 0.15) is 0 Å². The zero-order valence-electron chi connectivity index (χ0n) is 12.5. The third kappa shape index (κ3) is 2.99. The highest BCUT2D eigenvalue weighted by molar-refractivity contribution is 7.10. The van der Waals surface area contributed by atoms with Crippen LogP contribution in [-0.4, -0.2) is 16.9 Å². The second kappa shape index (κ2) is 6.23. The van der Waals surface area contributed by atoms with Crippen molar-refractivity contribution in [2.45, 2.75) is 26.7 Å². The van der Waals surface area contributed by atoms with Gasteiger partial charge in [0, 0.05) is 5.56 Å². The van der Waals surface area contributed by atoms with Gasteiger partial charge in [-0.05, 0) is 37.1 Å². The monoisotopic (exact) mass is 312 g/mol. The van der Waals surface area contributed by atoms with E-state index in [2.05, 4.69) is 16.9 Å². The number of thiazole rings is 1. The van der Waals surface area contributed by atoms with E-state index in [-0.39, 0.29) is 0 Å². The number of cyclic esters (lactones) is 1. The van der Waals surface area contributed by atoms with Crippen molar-refractivity contribution < 1.29 is 9.53 Å². The van der Waals surface area contributed by atoms with Gasteiger partial charge in [-0.25, -0.2) is 14.8 Å². The molecule has 1 aromatic heterocycles. The number of aromatic nitrogens is 1.